The number of rotatable bonds is 8. The summed E-state index contributed by atoms with van der Waals surface area (Å²) in [4.78, 5) is 24.5. The fourth-order valence-electron chi connectivity index (χ4n) is 2.63. The molecule has 0 saturated heterocycles. The number of hydrazone groups is 1. The van der Waals surface area contributed by atoms with E-state index in [9.17, 15) is 18.0 Å². The second-order valence-corrected chi connectivity index (χ2v) is 10.1. The Hall–Kier alpha value is -3.05. The Kier molecular flexibility index (Phi) is 8.56. The highest BCUT2D eigenvalue weighted by Crippen LogP contribution is 2.23. The van der Waals surface area contributed by atoms with Gasteiger partial charge in [0.1, 0.15) is 5.75 Å². The summed E-state index contributed by atoms with van der Waals surface area (Å²) in [6.45, 7) is 1.33. The number of amides is 1. The molecule has 0 aromatic heterocycles. The van der Waals surface area contributed by atoms with E-state index in [0.29, 0.717) is 20.6 Å². The maximum atomic E-state index is 12.4. The number of benzene rings is 3. The van der Waals surface area contributed by atoms with Crippen molar-refractivity contribution in [3.05, 3.63) is 92.9 Å². The van der Waals surface area contributed by atoms with E-state index in [1.165, 1.54) is 30.5 Å². The molecule has 0 aliphatic carbocycles. The van der Waals surface area contributed by atoms with Crippen LogP contribution in [0, 0.1) is 6.92 Å². The summed E-state index contributed by atoms with van der Waals surface area (Å²) >= 11 is 9.17. The van der Waals surface area contributed by atoms with Gasteiger partial charge >= 0.3 is 5.97 Å². The number of sulfonamides is 1. The van der Waals surface area contributed by atoms with Crippen LogP contribution < -0.4 is 14.9 Å². The predicted molar refractivity (Wildman–Crippen MR) is 133 cm³/mol. The molecule has 1 amide bonds. The molecule has 3 rings (SSSR count). The Morgan fingerprint density at radius 1 is 1.06 bits per heavy atom. The van der Waals surface area contributed by atoms with Crippen LogP contribution in [0.5, 0.6) is 5.75 Å². The van der Waals surface area contributed by atoms with Crippen molar-refractivity contribution in [2.45, 2.75) is 11.8 Å². The number of carbonyl (C=O) groups is 2. The normalized spacial score (nSPS) is 11.4. The van der Waals surface area contributed by atoms with E-state index >= 15 is 0 Å². The topological polar surface area (TPSA) is 114 Å². The Balaban J connectivity index is 1.62. The quantitative estimate of drug-likeness (QED) is 0.185. The van der Waals surface area contributed by atoms with Crippen molar-refractivity contribution in [1.29, 1.82) is 0 Å². The third-order valence-electron chi connectivity index (χ3n) is 4.40. The van der Waals surface area contributed by atoms with E-state index in [0.717, 1.165) is 5.56 Å². The lowest BCUT2D eigenvalue weighted by Gasteiger charge is -2.08. The minimum atomic E-state index is -3.84. The number of aryl methyl sites for hydroxylation is 1. The summed E-state index contributed by atoms with van der Waals surface area (Å²) in [7, 11) is -3.84. The standard InChI is InChI=1S/C23H19BrClN3O5S/c1-15-2-9-20(10-3-15)34(31,32)27-14-22(29)28-26-13-17-12-18(24)6-11-21(17)33-23(30)16-4-7-19(25)8-5-16/h2-13,27H,14H2,1H3,(H,28,29). The lowest BCUT2D eigenvalue weighted by Crippen LogP contribution is -2.34. The van der Waals surface area contributed by atoms with Crippen molar-refractivity contribution in [3.8, 4) is 5.75 Å². The minimum absolute atomic E-state index is 0.0516. The van der Waals surface area contributed by atoms with Gasteiger partial charge in [-0.05, 0) is 61.5 Å². The van der Waals surface area contributed by atoms with Crippen LogP contribution in [0.15, 0.2) is 81.2 Å². The van der Waals surface area contributed by atoms with E-state index in [1.54, 1.807) is 42.5 Å². The molecule has 176 valence electrons. The zero-order chi connectivity index (χ0) is 24.7. The number of carbonyl (C=O) groups excluding carboxylic acids is 2. The molecule has 3 aromatic rings. The molecule has 0 heterocycles. The fourth-order valence-corrected chi connectivity index (χ4v) is 4.12. The fraction of sp³-hybridized carbons (Fsp3) is 0.0870. The van der Waals surface area contributed by atoms with Crippen LogP contribution in [-0.2, 0) is 14.8 Å². The second kappa shape index (κ2) is 11.4. The van der Waals surface area contributed by atoms with Crippen molar-refractivity contribution in [3.63, 3.8) is 0 Å². The summed E-state index contributed by atoms with van der Waals surface area (Å²) in [5.41, 5.74) is 3.86. The van der Waals surface area contributed by atoms with Crippen LogP contribution in [-0.4, -0.2) is 33.1 Å². The first-order valence-electron chi connectivity index (χ1n) is 9.79. The number of esters is 1. The van der Waals surface area contributed by atoms with Gasteiger partial charge in [-0.3, -0.25) is 4.79 Å². The Morgan fingerprint density at radius 2 is 1.74 bits per heavy atom. The molecule has 0 spiro atoms. The van der Waals surface area contributed by atoms with Gasteiger partial charge in [0.2, 0.25) is 10.0 Å². The van der Waals surface area contributed by atoms with Gasteiger partial charge in [0.15, 0.2) is 0 Å². The average Bonchev–Trinajstić information content (AvgIpc) is 2.80. The number of halogens is 2. The zero-order valence-electron chi connectivity index (χ0n) is 17.8. The molecule has 0 unspecified atom stereocenters. The summed E-state index contributed by atoms with van der Waals surface area (Å²) in [6.07, 6.45) is 1.28. The molecular formula is C23H19BrClN3O5S. The molecular weight excluding hydrogens is 546 g/mol. The highest BCUT2D eigenvalue weighted by molar-refractivity contribution is 9.10. The zero-order valence-corrected chi connectivity index (χ0v) is 20.9. The smallest absolute Gasteiger partial charge is 0.343 e. The Labute approximate surface area is 210 Å². The molecule has 3 aromatic carbocycles. The first-order valence-corrected chi connectivity index (χ1v) is 12.4. The van der Waals surface area contributed by atoms with Gasteiger partial charge < -0.3 is 4.74 Å². The van der Waals surface area contributed by atoms with Crippen LogP contribution in [0.25, 0.3) is 0 Å². The van der Waals surface area contributed by atoms with Crippen LogP contribution in [0.3, 0.4) is 0 Å². The number of nitrogens with one attached hydrogen (secondary N) is 2. The molecule has 0 radical (unpaired) electrons. The van der Waals surface area contributed by atoms with E-state index in [-0.39, 0.29) is 10.6 Å². The molecule has 0 fully saturated rings. The first-order chi connectivity index (χ1) is 16.1. The molecule has 2 N–H and O–H groups in total. The molecule has 8 nitrogen and oxygen atoms in total. The van der Waals surface area contributed by atoms with Gasteiger partial charge in [-0.25, -0.2) is 23.4 Å². The summed E-state index contributed by atoms with van der Waals surface area (Å²) in [5, 5.41) is 4.32. The number of hydrogen-bond acceptors (Lipinski definition) is 6. The molecule has 0 aliphatic rings. The second-order valence-electron chi connectivity index (χ2n) is 7.01. The maximum Gasteiger partial charge on any atom is 0.343 e. The van der Waals surface area contributed by atoms with Gasteiger partial charge in [0, 0.05) is 15.1 Å². The molecule has 34 heavy (non-hydrogen) atoms. The van der Waals surface area contributed by atoms with Crippen molar-refractivity contribution in [2.75, 3.05) is 6.54 Å². The Bertz CT molecular complexity index is 1330. The first kappa shape index (κ1) is 25.6. The predicted octanol–water partition coefficient (Wildman–Crippen LogP) is 4.06. The number of nitrogens with zero attached hydrogens (tertiary/aromatic N) is 1. The highest BCUT2D eigenvalue weighted by atomic mass is 79.9. The van der Waals surface area contributed by atoms with Gasteiger partial charge in [-0.15, -0.1) is 0 Å². The van der Waals surface area contributed by atoms with Crippen molar-refractivity contribution in [2.24, 2.45) is 5.10 Å². The van der Waals surface area contributed by atoms with Gasteiger partial charge in [0.25, 0.3) is 5.91 Å². The molecule has 0 bridgehead atoms. The lowest BCUT2D eigenvalue weighted by molar-refractivity contribution is -0.119. The molecule has 11 heteroatoms. The van der Waals surface area contributed by atoms with Crippen LogP contribution in [0.1, 0.15) is 21.5 Å². The van der Waals surface area contributed by atoms with Gasteiger partial charge in [0.05, 0.1) is 23.2 Å². The van der Waals surface area contributed by atoms with Crippen LogP contribution >= 0.6 is 27.5 Å². The van der Waals surface area contributed by atoms with E-state index in [2.05, 4.69) is 31.2 Å². The molecule has 0 atom stereocenters. The monoisotopic (exact) mass is 563 g/mol. The lowest BCUT2D eigenvalue weighted by atomic mass is 10.2. The third kappa shape index (κ3) is 7.22. The van der Waals surface area contributed by atoms with Crippen molar-refractivity contribution in [1.82, 2.24) is 10.1 Å². The largest absolute Gasteiger partial charge is 0.422 e. The maximum absolute atomic E-state index is 12.4. The highest BCUT2D eigenvalue weighted by Gasteiger charge is 2.15. The van der Waals surface area contributed by atoms with Crippen LogP contribution in [0.4, 0.5) is 0 Å². The van der Waals surface area contributed by atoms with Gasteiger partial charge in [-0.2, -0.15) is 5.10 Å². The van der Waals surface area contributed by atoms with Crippen LogP contribution in [0.2, 0.25) is 5.02 Å². The SMILES string of the molecule is Cc1ccc(S(=O)(=O)NCC(=O)NN=Cc2cc(Br)ccc2OC(=O)c2ccc(Cl)cc2)cc1. The minimum Gasteiger partial charge on any atom is -0.422 e. The van der Waals surface area contributed by atoms with E-state index < -0.39 is 28.4 Å². The number of ether oxygens (including phenoxy) is 1. The van der Waals surface area contributed by atoms with Gasteiger partial charge in [-0.1, -0.05) is 45.2 Å². The summed E-state index contributed by atoms with van der Waals surface area (Å²) in [5.74, 6) is -1.06. The van der Waals surface area contributed by atoms with E-state index in [1.807, 2.05) is 6.92 Å². The number of hydrogen-bond donors (Lipinski definition) is 2. The van der Waals surface area contributed by atoms with Crippen molar-refractivity contribution >= 4 is 55.6 Å². The summed E-state index contributed by atoms with van der Waals surface area (Å²) < 4.78 is 32.9. The average molecular weight is 565 g/mol. The molecule has 0 aliphatic heterocycles. The third-order valence-corrected chi connectivity index (χ3v) is 6.56. The van der Waals surface area contributed by atoms with E-state index in [4.69, 9.17) is 16.3 Å². The Morgan fingerprint density at radius 3 is 2.41 bits per heavy atom. The van der Waals surface area contributed by atoms with Crippen molar-refractivity contribution < 1.29 is 22.7 Å². The summed E-state index contributed by atoms with van der Waals surface area (Å²) in [6, 6.07) is 17.3. The molecule has 0 saturated carbocycles.